The maximum absolute atomic E-state index is 13.4. The van der Waals surface area contributed by atoms with Gasteiger partial charge in [-0.05, 0) is 97.1 Å². The highest BCUT2D eigenvalue weighted by molar-refractivity contribution is 5.27. The number of halogens is 2. The summed E-state index contributed by atoms with van der Waals surface area (Å²) in [7, 11) is 0. The summed E-state index contributed by atoms with van der Waals surface area (Å²) in [6, 6.07) is 24.0. The lowest BCUT2D eigenvalue weighted by Crippen LogP contribution is -2.15. The van der Waals surface area contributed by atoms with Gasteiger partial charge in [-0.3, -0.25) is 0 Å². The van der Waals surface area contributed by atoms with Crippen LogP contribution in [0, 0.1) is 17.6 Å². The van der Waals surface area contributed by atoms with Crippen molar-refractivity contribution in [3.8, 4) is 0 Å². The summed E-state index contributed by atoms with van der Waals surface area (Å²) in [4.78, 5) is 0. The van der Waals surface area contributed by atoms with E-state index in [2.05, 4.69) is 61.5 Å². The van der Waals surface area contributed by atoms with E-state index in [0.717, 1.165) is 24.3 Å². The van der Waals surface area contributed by atoms with Crippen LogP contribution in [0.25, 0.3) is 0 Å². The second-order valence-corrected chi connectivity index (χ2v) is 9.26. The van der Waals surface area contributed by atoms with Crippen molar-refractivity contribution in [1.82, 2.24) is 0 Å². The van der Waals surface area contributed by atoms with Crippen LogP contribution in [0.15, 0.2) is 72.8 Å². The largest absolute Gasteiger partial charge is 0.204 e. The normalized spacial score (nSPS) is 19.8. The first-order valence-electron chi connectivity index (χ1n) is 11.7. The molecule has 31 heavy (non-hydrogen) atoms. The van der Waals surface area contributed by atoms with Crippen LogP contribution in [0.5, 0.6) is 0 Å². The van der Waals surface area contributed by atoms with Crippen LogP contribution in [0.4, 0.5) is 8.78 Å². The van der Waals surface area contributed by atoms with Crippen molar-refractivity contribution in [2.45, 2.75) is 63.7 Å². The van der Waals surface area contributed by atoms with Gasteiger partial charge in [-0.1, -0.05) is 67.6 Å². The highest BCUT2D eigenvalue weighted by atomic mass is 19.2. The van der Waals surface area contributed by atoms with Gasteiger partial charge in [0, 0.05) is 0 Å². The molecule has 2 heteroatoms. The first-order chi connectivity index (χ1) is 15.1. The minimum Gasteiger partial charge on any atom is -0.204 e. The zero-order valence-electron chi connectivity index (χ0n) is 18.4. The molecule has 162 valence electrons. The van der Waals surface area contributed by atoms with Crippen LogP contribution in [0.1, 0.15) is 73.1 Å². The smallest absolute Gasteiger partial charge is 0.159 e. The first kappa shape index (κ1) is 21.7. The number of benzene rings is 3. The van der Waals surface area contributed by atoms with Gasteiger partial charge in [0.05, 0.1) is 0 Å². The van der Waals surface area contributed by atoms with Crippen molar-refractivity contribution in [3.05, 3.63) is 107 Å². The third-order valence-corrected chi connectivity index (χ3v) is 7.04. The molecule has 0 N–H and O–H groups in total. The quantitative estimate of drug-likeness (QED) is 0.362. The van der Waals surface area contributed by atoms with Gasteiger partial charge in [-0.15, -0.1) is 0 Å². The van der Waals surface area contributed by atoms with Crippen LogP contribution in [-0.4, -0.2) is 0 Å². The van der Waals surface area contributed by atoms with Gasteiger partial charge in [0.25, 0.3) is 0 Å². The Bertz CT molecular complexity index is 954. The second-order valence-electron chi connectivity index (χ2n) is 9.26. The van der Waals surface area contributed by atoms with E-state index in [9.17, 15) is 8.78 Å². The molecule has 0 aliphatic heterocycles. The van der Waals surface area contributed by atoms with Gasteiger partial charge < -0.3 is 0 Å². The second kappa shape index (κ2) is 10.2. The molecule has 4 rings (SSSR count). The van der Waals surface area contributed by atoms with Crippen LogP contribution in [-0.2, 0) is 12.8 Å². The van der Waals surface area contributed by atoms with E-state index >= 15 is 0 Å². The molecule has 0 amide bonds. The molecule has 0 spiro atoms. The molecule has 1 saturated carbocycles. The van der Waals surface area contributed by atoms with Crippen LogP contribution in [0.3, 0.4) is 0 Å². The minimum absolute atomic E-state index is 0.636. The Hall–Kier alpha value is -2.48. The molecule has 0 aromatic heterocycles. The van der Waals surface area contributed by atoms with Crippen molar-refractivity contribution in [3.63, 3.8) is 0 Å². The molecule has 1 fully saturated rings. The number of hydrogen-bond donors (Lipinski definition) is 0. The molecule has 0 bridgehead atoms. The monoisotopic (exact) mass is 418 g/mol. The zero-order valence-corrected chi connectivity index (χ0v) is 18.4. The molecule has 0 saturated heterocycles. The van der Waals surface area contributed by atoms with E-state index in [1.165, 1.54) is 60.9 Å². The molecule has 0 radical (unpaired) electrons. The zero-order chi connectivity index (χ0) is 21.6. The fourth-order valence-electron chi connectivity index (χ4n) is 5.09. The van der Waals surface area contributed by atoms with Crippen molar-refractivity contribution in [2.75, 3.05) is 0 Å². The first-order valence-corrected chi connectivity index (χ1v) is 11.7. The molecule has 3 aromatic rings. The lowest BCUT2D eigenvalue weighted by molar-refractivity contribution is 0.297. The van der Waals surface area contributed by atoms with E-state index in [1.807, 2.05) is 0 Å². The molecule has 1 aliphatic carbocycles. The average Bonchev–Trinajstić information content (AvgIpc) is 2.81. The summed E-state index contributed by atoms with van der Waals surface area (Å²) in [5, 5.41) is 0. The van der Waals surface area contributed by atoms with Gasteiger partial charge in [-0.25, -0.2) is 8.78 Å². The molecule has 3 aromatic carbocycles. The number of rotatable bonds is 7. The Morgan fingerprint density at radius 2 is 1.39 bits per heavy atom. The lowest BCUT2D eigenvalue weighted by atomic mass is 9.75. The summed E-state index contributed by atoms with van der Waals surface area (Å²) in [5.74, 6) is 0.598. The predicted octanol–water partition coefficient (Wildman–Crippen LogP) is 8.22. The van der Waals surface area contributed by atoms with Gasteiger partial charge in [0.15, 0.2) is 11.6 Å². The van der Waals surface area contributed by atoms with E-state index in [0.29, 0.717) is 11.8 Å². The summed E-state index contributed by atoms with van der Waals surface area (Å²) in [6.45, 7) is 2.36. The molecule has 0 unspecified atom stereocenters. The highest BCUT2D eigenvalue weighted by Crippen LogP contribution is 2.39. The van der Waals surface area contributed by atoms with Crippen LogP contribution in [0.2, 0.25) is 0 Å². The third kappa shape index (κ3) is 5.81. The van der Waals surface area contributed by atoms with Crippen LogP contribution >= 0.6 is 0 Å². The summed E-state index contributed by atoms with van der Waals surface area (Å²) < 4.78 is 26.4. The molecule has 0 heterocycles. The van der Waals surface area contributed by atoms with Crippen LogP contribution < -0.4 is 0 Å². The fourth-order valence-corrected chi connectivity index (χ4v) is 5.09. The van der Waals surface area contributed by atoms with Gasteiger partial charge in [0.2, 0.25) is 0 Å². The highest BCUT2D eigenvalue weighted by Gasteiger charge is 2.24. The molecule has 1 atom stereocenters. The van der Waals surface area contributed by atoms with Crippen molar-refractivity contribution < 1.29 is 8.78 Å². The molecule has 0 nitrogen and oxygen atoms in total. The average molecular weight is 419 g/mol. The van der Waals surface area contributed by atoms with E-state index < -0.39 is 11.6 Å². The Morgan fingerprint density at radius 1 is 0.742 bits per heavy atom. The fraction of sp³-hybridized carbons (Fsp3) is 0.379. The Kier molecular flexibility index (Phi) is 7.17. The Morgan fingerprint density at radius 3 is 2.06 bits per heavy atom. The standard InChI is InChI=1S/C29H32F2/c1-21(25-5-3-2-4-6-25)19-23-11-16-27(17-12-23)26-14-9-22(10-15-26)7-8-24-13-18-28(30)29(31)20-24/h2-6,9-10,13-15,18,20-21,23,27H,7-8,11-12,16-17,19H2,1H3/t21-,23?,27?/m1/s1. The number of hydrogen-bond acceptors (Lipinski definition) is 0. The topological polar surface area (TPSA) is 0 Å². The van der Waals surface area contributed by atoms with Crippen molar-refractivity contribution in [2.24, 2.45) is 5.92 Å². The van der Waals surface area contributed by atoms with Gasteiger partial charge in [0.1, 0.15) is 0 Å². The predicted molar refractivity (Wildman–Crippen MR) is 124 cm³/mol. The molecule has 1 aliphatic rings. The third-order valence-electron chi connectivity index (χ3n) is 7.04. The SMILES string of the molecule is C[C@H](CC1CCC(c2ccc(CCc3ccc(F)c(F)c3)cc2)CC1)c1ccccc1. The van der Waals surface area contributed by atoms with Gasteiger partial charge in [-0.2, -0.15) is 0 Å². The lowest BCUT2D eigenvalue weighted by Gasteiger charge is -2.30. The molecular weight excluding hydrogens is 386 g/mol. The maximum atomic E-state index is 13.4. The summed E-state index contributed by atoms with van der Waals surface area (Å²) in [6.07, 6.45) is 8.05. The molecular formula is C29H32F2. The van der Waals surface area contributed by atoms with Gasteiger partial charge >= 0.3 is 0 Å². The summed E-state index contributed by atoms with van der Waals surface area (Å²) >= 11 is 0. The van der Waals surface area contributed by atoms with E-state index in [1.54, 1.807) is 6.07 Å². The Balaban J connectivity index is 1.25. The van der Waals surface area contributed by atoms with Crippen molar-refractivity contribution >= 4 is 0 Å². The van der Waals surface area contributed by atoms with E-state index in [4.69, 9.17) is 0 Å². The van der Waals surface area contributed by atoms with Crippen molar-refractivity contribution in [1.29, 1.82) is 0 Å². The Labute approximate surface area is 185 Å². The maximum Gasteiger partial charge on any atom is 0.159 e. The minimum atomic E-state index is -0.780. The van der Waals surface area contributed by atoms with E-state index in [-0.39, 0.29) is 0 Å². The number of aryl methyl sites for hydroxylation is 2. The summed E-state index contributed by atoms with van der Waals surface area (Å²) in [5.41, 5.74) is 5.00.